The molecule has 0 spiro atoms. The van der Waals surface area contributed by atoms with Gasteiger partial charge in [-0.1, -0.05) is 12.2 Å². The summed E-state index contributed by atoms with van der Waals surface area (Å²) in [5, 5.41) is 0. The lowest BCUT2D eigenvalue weighted by Gasteiger charge is -2.02. The second kappa shape index (κ2) is 7.50. The highest BCUT2D eigenvalue weighted by Crippen LogP contribution is 2.32. The van der Waals surface area contributed by atoms with Gasteiger partial charge in [-0.25, -0.2) is 4.99 Å². The summed E-state index contributed by atoms with van der Waals surface area (Å²) >= 11 is 0. The van der Waals surface area contributed by atoms with E-state index in [-0.39, 0.29) is 6.04 Å². The van der Waals surface area contributed by atoms with Crippen LogP contribution in [0.15, 0.2) is 74.7 Å². The normalized spacial score (nSPS) is 24.4. The predicted molar refractivity (Wildman–Crippen MR) is 91.3 cm³/mol. The quantitative estimate of drug-likeness (QED) is 0.668. The van der Waals surface area contributed by atoms with Crippen LogP contribution in [-0.2, 0) is 4.74 Å². The zero-order chi connectivity index (χ0) is 15.0. The molecule has 0 aromatic heterocycles. The van der Waals surface area contributed by atoms with Crippen molar-refractivity contribution in [3.05, 3.63) is 59.7 Å². The van der Waals surface area contributed by atoms with Gasteiger partial charge in [0.1, 0.15) is 12.1 Å². The van der Waals surface area contributed by atoms with Gasteiger partial charge in [0.25, 0.3) is 0 Å². The number of allylic oxidation sites excluding steroid dienone is 7. The number of ether oxygens (including phenoxy) is 1. The average Bonchev–Trinajstić information content (AvgIpc) is 3.12. The largest absolute Gasteiger partial charge is 0.469 e. The second-order valence-corrected chi connectivity index (χ2v) is 5.29. The minimum atomic E-state index is 0.229. The van der Waals surface area contributed by atoms with Crippen molar-refractivity contribution in [1.29, 1.82) is 0 Å². The Hall–Kier alpha value is -2.49. The van der Waals surface area contributed by atoms with E-state index in [2.05, 4.69) is 15.0 Å². The number of rotatable bonds is 0. The number of nitrogens with zero attached hydrogens (tertiary/aromatic N) is 3. The standard InChI is InChI=1S/C18H19N3O/c1-2-9-19-13-16-6-4-8-17(16)21-14-20-10-5-7-15-12-18(15)22-11-3-1/h1-3,5,7,9-11,13-14,17H,4,6,8,12H2. The van der Waals surface area contributed by atoms with E-state index in [1.165, 1.54) is 17.6 Å². The summed E-state index contributed by atoms with van der Waals surface area (Å²) in [6.45, 7) is 0. The minimum Gasteiger partial charge on any atom is -0.469 e. The molecule has 4 heteroatoms. The number of hydrogen-bond acceptors (Lipinski definition) is 4. The lowest BCUT2D eigenvalue weighted by Crippen LogP contribution is -1.99. The first-order valence-corrected chi connectivity index (χ1v) is 7.57. The van der Waals surface area contributed by atoms with Crippen molar-refractivity contribution in [1.82, 2.24) is 0 Å². The lowest BCUT2D eigenvalue weighted by molar-refractivity contribution is 0.371. The molecular formula is C18H19N3O. The van der Waals surface area contributed by atoms with Crippen molar-refractivity contribution in [3.8, 4) is 0 Å². The fourth-order valence-corrected chi connectivity index (χ4v) is 2.41. The summed E-state index contributed by atoms with van der Waals surface area (Å²) in [4.78, 5) is 13.0. The molecule has 3 rings (SSSR count). The maximum atomic E-state index is 5.49. The molecule has 0 radical (unpaired) electrons. The van der Waals surface area contributed by atoms with E-state index in [0.717, 1.165) is 25.0 Å². The maximum absolute atomic E-state index is 5.49. The smallest absolute Gasteiger partial charge is 0.111 e. The average molecular weight is 293 g/mol. The Morgan fingerprint density at radius 1 is 1.05 bits per heavy atom. The molecule has 1 aliphatic heterocycles. The molecule has 0 bridgehead atoms. The van der Waals surface area contributed by atoms with Crippen molar-refractivity contribution in [2.75, 3.05) is 0 Å². The van der Waals surface area contributed by atoms with Crippen LogP contribution in [0.1, 0.15) is 25.7 Å². The molecule has 3 aliphatic rings. The third-order valence-electron chi connectivity index (χ3n) is 3.66. The van der Waals surface area contributed by atoms with E-state index in [1.807, 2.05) is 36.6 Å². The summed E-state index contributed by atoms with van der Waals surface area (Å²) in [6.07, 6.45) is 22.6. The molecule has 0 aromatic rings. The fraction of sp³-hybridized carbons (Fsp3) is 0.278. The first-order chi connectivity index (χ1) is 10.9. The molecule has 2 aliphatic carbocycles. The SMILES string of the molecule is C1=CC=NC=C2CCCC2N=CN=CC=CC2=C(C2)OC=C1. The van der Waals surface area contributed by atoms with Crippen LogP contribution in [0, 0.1) is 0 Å². The van der Waals surface area contributed by atoms with Gasteiger partial charge in [0.05, 0.1) is 12.3 Å². The van der Waals surface area contributed by atoms with Crippen LogP contribution in [0.25, 0.3) is 0 Å². The molecule has 1 fully saturated rings. The molecule has 4 nitrogen and oxygen atoms in total. The van der Waals surface area contributed by atoms with Crippen LogP contribution in [0.3, 0.4) is 0 Å². The minimum absolute atomic E-state index is 0.229. The van der Waals surface area contributed by atoms with E-state index < -0.39 is 0 Å². The molecule has 0 amide bonds. The van der Waals surface area contributed by atoms with Gasteiger partial charge < -0.3 is 4.74 Å². The van der Waals surface area contributed by atoms with Gasteiger partial charge in [0.15, 0.2) is 0 Å². The molecule has 1 atom stereocenters. The van der Waals surface area contributed by atoms with Crippen molar-refractivity contribution in [3.63, 3.8) is 0 Å². The zero-order valence-electron chi connectivity index (χ0n) is 12.4. The van der Waals surface area contributed by atoms with Crippen LogP contribution in [0.2, 0.25) is 0 Å². The van der Waals surface area contributed by atoms with E-state index in [4.69, 9.17) is 4.74 Å². The molecule has 0 aromatic carbocycles. The predicted octanol–water partition coefficient (Wildman–Crippen LogP) is 3.91. The molecule has 22 heavy (non-hydrogen) atoms. The first kappa shape index (κ1) is 14.4. The highest BCUT2D eigenvalue weighted by atomic mass is 16.5. The fourth-order valence-electron chi connectivity index (χ4n) is 2.41. The van der Waals surface area contributed by atoms with Gasteiger partial charge in [-0.3, -0.25) is 9.98 Å². The number of hydrogen-bond donors (Lipinski definition) is 0. The first-order valence-electron chi connectivity index (χ1n) is 7.57. The van der Waals surface area contributed by atoms with Crippen LogP contribution in [0.5, 0.6) is 0 Å². The van der Waals surface area contributed by atoms with Crippen LogP contribution in [0.4, 0.5) is 0 Å². The Labute approximate surface area is 130 Å². The van der Waals surface area contributed by atoms with E-state index >= 15 is 0 Å². The van der Waals surface area contributed by atoms with Crippen molar-refractivity contribution < 1.29 is 4.74 Å². The van der Waals surface area contributed by atoms with Gasteiger partial charge in [-0.2, -0.15) is 0 Å². The van der Waals surface area contributed by atoms with Gasteiger partial charge in [-0.15, -0.1) is 0 Å². The molecule has 1 saturated carbocycles. The Kier molecular flexibility index (Phi) is 4.92. The Morgan fingerprint density at radius 3 is 3.00 bits per heavy atom. The third kappa shape index (κ3) is 4.25. The van der Waals surface area contributed by atoms with Gasteiger partial charge >= 0.3 is 0 Å². The third-order valence-corrected chi connectivity index (χ3v) is 3.66. The molecular weight excluding hydrogens is 274 g/mol. The monoisotopic (exact) mass is 293 g/mol. The van der Waals surface area contributed by atoms with Crippen molar-refractivity contribution >= 4 is 18.8 Å². The van der Waals surface area contributed by atoms with Gasteiger partial charge in [0, 0.05) is 25.0 Å². The number of aliphatic imine (C=N–C) groups is 3. The highest BCUT2D eigenvalue weighted by Gasteiger charge is 2.20. The maximum Gasteiger partial charge on any atom is 0.111 e. The summed E-state index contributed by atoms with van der Waals surface area (Å²) < 4.78 is 5.49. The van der Waals surface area contributed by atoms with Gasteiger partial charge in [0.2, 0.25) is 0 Å². The molecule has 0 saturated heterocycles. The lowest BCUT2D eigenvalue weighted by atomic mass is 10.2. The van der Waals surface area contributed by atoms with E-state index in [1.54, 1.807) is 25.0 Å². The van der Waals surface area contributed by atoms with Crippen LogP contribution < -0.4 is 0 Å². The molecule has 112 valence electrons. The zero-order valence-corrected chi connectivity index (χ0v) is 12.4. The summed E-state index contributed by atoms with van der Waals surface area (Å²) in [6, 6.07) is 0.229. The summed E-state index contributed by atoms with van der Waals surface area (Å²) in [5.74, 6) is 1.01. The van der Waals surface area contributed by atoms with E-state index in [0.29, 0.717) is 0 Å². The highest BCUT2D eigenvalue weighted by molar-refractivity contribution is 5.80. The summed E-state index contributed by atoms with van der Waals surface area (Å²) in [7, 11) is 0. The van der Waals surface area contributed by atoms with Crippen molar-refractivity contribution in [2.45, 2.75) is 31.7 Å². The topological polar surface area (TPSA) is 46.3 Å². The second-order valence-electron chi connectivity index (χ2n) is 5.29. The molecule has 1 unspecified atom stereocenters. The molecule has 1 heterocycles. The van der Waals surface area contributed by atoms with Crippen LogP contribution in [-0.4, -0.2) is 24.8 Å². The Balaban J connectivity index is 1.73. The van der Waals surface area contributed by atoms with Crippen molar-refractivity contribution in [2.24, 2.45) is 15.0 Å². The van der Waals surface area contributed by atoms with E-state index in [9.17, 15) is 0 Å². The molecule has 0 N–H and O–H groups in total. The van der Waals surface area contributed by atoms with Crippen LogP contribution >= 0.6 is 0 Å². The Bertz CT molecular complexity index is 645. The summed E-state index contributed by atoms with van der Waals surface area (Å²) in [5.41, 5.74) is 2.49. The van der Waals surface area contributed by atoms with Gasteiger partial charge in [-0.05, 0) is 48.6 Å². The Morgan fingerprint density at radius 2 is 2.00 bits per heavy atom. The number of fused-ring (bicyclic) bond motifs is 1.